The molecule has 4 rings (SSSR count). The lowest BCUT2D eigenvalue weighted by atomic mass is 10.0. The van der Waals surface area contributed by atoms with Gasteiger partial charge in [-0.25, -0.2) is 14.2 Å². The van der Waals surface area contributed by atoms with Gasteiger partial charge in [-0.15, -0.1) is 0 Å². The Hall–Kier alpha value is -4.59. The zero-order valence-corrected chi connectivity index (χ0v) is 18.2. The van der Waals surface area contributed by atoms with Crippen LogP contribution in [0.3, 0.4) is 0 Å². The number of esters is 1. The molecule has 4 aromatic rings. The van der Waals surface area contributed by atoms with Crippen LogP contribution in [0.1, 0.15) is 20.7 Å². The van der Waals surface area contributed by atoms with Gasteiger partial charge >= 0.3 is 5.97 Å². The molecule has 0 aliphatic heterocycles. The minimum absolute atomic E-state index is 0.239. The summed E-state index contributed by atoms with van der Waals surface area (Å²) < 4.78 is 18.6. The maximum absolute atomic E-state index is 13.3. The summed E-state index contributed by atoms with van der Waals surface area (Å²) in [6.07, 6.45) is 0. The monoisotopic (exact) mass is 457 g/mol. The number of carbonyl (C=O) groups excluding carboxylic acids is 3. The molecule has 1 heterocycles. The number of benzene rings is 3. The van der Waals surface area contributed by atoms with Crippen LogP contribution >= 0.6 is 0 Å². The van der Waals surface area contributed by atoms with Crippen LogP contribution in [0.15, 0.2) is 78.9 Å². The molecule has 0 saturated carbocycles. The van der Waals surface area contributed by atoms with Crippen LogP contribution in [0.25, 0.3) is 22.2 Å². The summed E-state index contributed by atoms with van der Waals surface area (Å²) in [7, 11) is 1.53. The van der Waals surface area contributed by atoms with E-state index in [2.05, 4.69) is 15.6 Å². The molecule has 170 valence electrons. The lowest BCUT2D eigenvalue weighted by Crippen LogP contribution is -2.21. The molecule has 0 unspecified atom stereocenters. The molecular weight excluding hydrogens is 437 g/mol. The average molecular weight is 457 g/mol. The molecular formula is C26H20FN3O4. The maximum Gasteiger partial charge on any atom is 0.339 e. The van der Waals surface area contributed by atoms with Crippen LogP contribution in [-0.2, 0) is 9.53 Å². The minimum Gasteiger partial charge on any atom is -0.452 e. The van der Waals surface area contributed by atoms with Gasteiger partial charge in [-0.2, -0.15) is 0 Å². The number of nitrogens with one attached hydrogen (secondary N) is 2. The Labute approximate surface area is 194 Å². The van der Waals surface area contributed by atoms with Crippen LogP contribution in [0.2, 0.25) is 0 Å². The second-order valence-electron chi connectivity index (χ2n) is 7.36. The highest BCUT2D eigenvalue weighted by atomic mass is 19.1. The normalized spacial score (nSPS) is 10.5. The molecule has 0 aliphatic rings. The largest absolute Gasteiger partial charge is 0.452 e. The fourth-order valence-electron chi connectivity index (χ4n) is 3.37. The van der Waals surface area contributed by atoms with E-state index in [-0.39, 0.29) is 17.3 Å². The number of ether oxygens (including phenoxy) is 1. The summed E-state index contributed by atoms with van der Waals surface area (Å²) in [6.45, 7) is -0.501. The number of rotatable bonds is 6. The van der Waals surface area contributed by atoms with Gasteiger partial charge in [0.1, 0.15) is 5.82 Å². The molecule has 0 saturated heterocycles. The van der Waals surface area contributed by atoms with Gasteiger partial charge in [-0.05, 0) is 60.7 Å². The number of nitrogens with zero attached hydrogens (tertiary/aromatic N) is 1. The fourth-order valence-corrected chi connectivity index (χ4v) is 3.37. The lowest BCUT2D eigenvalue weighted by Gasteiger charge is -2.11. The zero-order chi connectivity index (χ0) is 24.1. The third-order valence-electron chi connectivity index (χ3n) is 5.07. The fraction of sp³-hybridized carbons (Fsp3) is 0.0769. The second-order valence-corrected chi connectivity index (χ2v) is 7.36. The lowest BCUT2D eigenvalue weighted by molar-refractivity contribution is -0.119. The number of hydrogen-bond acceptors (Lipinski definition) is 5. The van der Waals surface area contributed by atoms with Crippen molar-refractivity contribution in [1.82, 2.24) is 10.3 Å². The Kier molecular flexibility index (Phi) is 6.59. The Morgan fingerprint density at radius 1 is 0.941 bits per heavy atom. The van der Waals surface area contributed by atoms with Crippen LogP contribution in [-0.4, -0.2) is 36.4 Å². The summed E-state index contributed by atoms with van der Waals surface area (Å²) in [5.41, 5.74) is 2.84. The molecule has 3 aromatic carbocycles. The second kappa shape index (κ2) is 9.91. The molecule has 0 fully saturated rings. The number of carbonyl (C=O) groups is 3. The van der Waals surface area contributed by atoms with Crippen molar-refractivity contribution in [2.45, 2.75) is 0 Å². The van der Waals surface area contributed by atoms with Gasteiger partial charge in [0.25, 0.3) is 11.8 Å². The van der Waals surface area contributed by atoms with Crippen molar-refractivity contribution >= 4 is 34.4 Å². The molecule has 2 N–H and O–H groups in total. The first-order chi connectivity index (χ1) is 16.4. The van der Waals surface area contributed by atoms with Crippen LogP contribution in [0, 0.1) is 5.82 Å². The molecule has 2 amide bonds. The van der Waals surface area contributed by atoms with Crippen molar-refractivity contribution < 1.29 is 23.5 Å². The Morgan fingerprint density at radius 2 is 1.65 bits per heavy atom. The number of pyridine rings is 1. The number of para-hydroxylation sites is 1. The molecule has 0 radical (unpaired) electrons. The highest BCUT2D eigenvalue weighted by Crippen LogP contribution is 2.25. The average Bonchev–Trinajstić information content (AvgIpc) is 2.87. The quantitative estimate of drug-likeness (QED) is 0.423. The van der Waals surface area contributed by atoms with E-state index < -0.39 is 18.5 Å². The topological polar surface area (TPSA) is 97.4 Å². The number of fused-ring (bicyclic) bond motifs is 1. The Bertz CT molecular complexity index is 1370. The highest BCUT2D eigenvalue weighted by molar-refractivity contribution is 6.05. The molecule has 7 nitrogen and oxygen atoms in total. The highest BCUT2D eigenvalue weighted by Gasteiger charge is 2.17. The van der Waals surface area contributed by atoms with E-state index in [4.69, 9.17) is 4.74 Å². The summed E-state index contributed by atoms with van der Waals surface area (Å²) >= 11 is 0. The van der Waals surface area contributed by atoms with Gasteiger partial charge in [0.05, 0.1) is 16.8 Å². The smallest absolute Gasteiger partial charge is 0.339 e. The molecule has 1 aromatic heterocycles. The van der Waals surface area contributed by atoms with Crippen molar-refractivity contribution in [1.29, 1.82) is 0 Å². The van der Waals surface area contributed by atoms with Crippen molar-refractivity contribution in [3.8, 4) is 11.3 Å². The van der Waals surface area contributed by atoms with Gasteiger partial charge in [0.2, 0.25) is 0 Å². The summed E-state index contributed by atoms with van der Waals surface area (Å²) in [6, 6.07) is 20.7. The van der Waals surface area contributed by atoms with Gasteiger partial charge in [0.15, 0.2) is 6.61 Å². The minimum atomic E-state index is -0.688. The van der Waals surface area contributed by atoms with Crippen molar-refractivity contribution in [3.05, 3.63) is 95.8 Å². The van der Waals surface area contributed by atoms with Gasteiger partial charge in [-0.3, -0.25) is 9.59 Å². The summed E-state index contributed by atoms with van der Waals surface area (Å²) in [5.74, 6) is -1.83. The molecule has 0 atom stereocenters. The number of halogens is 1. The molecule has 0 aliphatic carbocycles. The third kappa shape index (κ3) is 5.07. The Balaban J connectivity index is 1.49. The number of hydrogen-bond donors (Lipinski definition) is 2. The van der Waals surface area contributed by atoms with E-state index in [1.165, 1.54) is 19.2 Å². The van der Waals surface area contributed by atoms with E-state index in [0.717, 1.165) is 0 Å². The van der Waals surface area contributed by atoms with E-state index in [1.807, 2.05) is 0 Å². The van der Waals surface area contributed by atoms with Crippen LogP contribution < -0.4 is 10.6 Å². The van der Waals surface area contributed by atoms with Crippen molar-refractivity contribution in [2.24, 2.45) is 0 Å². The SMILES string of the molecule is CNC(=O)c1ccc(NC(=O)COC(=O)c2cc(-c3ccc(F)cc3)nc3ccccc23)cc1. The van der Waals surface area contributed by atoms with Gasteiger partial charge in [0, 0.05) is 29.2 Å². The van der Waals surface area contributed by atoms with Crippen molar-refractivity contribution in [3.63, 3.8) is 0 Å². The third-order valence-corrected chi connectivity index (χ3v) is 5.07. The molecule has 0 bridgehead atoms. The summed E-state index contributed by atoms with van der Waals surface area (Å²) in [4.78, 5) is 41.3. The van der Waals surface area contributed by atoms with E-state index in [0.29, 0.717) is 33.4 Å². The van der Waals surface area contributed by atoms with Crippen molar-refractivity contribution in [2.75, 3.05) is 19.0 Å². The first kappa shape index (κ1) is 22.6. The zero-order valence-electron chi connectivity index (χ0n) is 18.2. The summed E-state index contributed by atoms with van der Waals surface area (Å²) in [5, 5.41) is 5.70. The van der Waals surface area contributed by atoms with E-state index in [1.54, 1.807) is 66.7 Å². The molecule has 0 spiro atoms. The maximum atomic E-state index is 13.3. The number of aromatic nitrogens is 1. The predicted molar refractivity (Wildman–Crippen MR) is 126 cm³/mol. The number of amides is 2. The molecule has 34 heavy (non-hydrogen) atoms. The van der Waals surface area contributed by atoms with Crippen LogP contribution in [0.4, 0.5) is 10.1 Å². The first-order valence-corrected chi connectivity index (χ1v) is 10.4. The van der Waals surface area contributed by atoms with E-state index in [9.17, 15) is 18.8 Å². The first-order valence-electron chi connectivity index (χ1n) is 10.4. The van der Waals surface area contributed by atoms with E-state index >= 15 is 0 Å². The Morgan fingerprint density at radius 3 is 2.35 bits per heavy atom. The van der Waals surface area contributed by atoms with Crippen LogP contribution in [0.5, 0.6) is 0 Å². The van der Waals surface area contributed by atoms with Gasteiger partial charge < -0.3 is 15.4 Å². The van der Waals surface area contributed by atoms with Gasteiger partial charge in [-0.1, -0.05) is 18.2 Å². The molecule has 8 heteroatoms. The standard InChI is InChI=1S/C26H20FN3O4/c1-28-25(32)17-8-12-19(13-9-17)29-24(31)15-34-26(33)21-14-23(16-6-10-18(27)11-7-16)30-22-5-3-2-4-20(21)22/h2-14H,15H2,1H3,(H,28,32)(H,29,31). The number of anilines is 1. The predicted octanol–water partition coefficient (Wildman–Crippen LogP) is 4.20.